The predicted octanol–water partition coefficient (Wildman–Crippen LogP) is 3.65. The van der Waals surface area contributed by atoms with Crippen molar-refractivity contribution in [3.8, 4) is 11.4 Å². The lowest BCUT2D eigenvalue weighted by Crippen LogP contribution is -2.12. The summed E-state index contributed by atoms with van der Waals surface area (Å²) < 4.78 is 1.68. The summed E-state index contributed by atoms with van der Waals surface area (Å²) in [5, 5.41) is 10.1. The van der Waals surface area contributed by atoms with E-state index in [1.54, 1.807) is 36.0 Å². The molecule has 116 valence electrons. The van der Waals surface area contributed by atoms with Gasteiger partial charge >= 0.3 is 5.97 Å². The first-order chi connectivity index (χ1) is 11.1. The minimum Gasteiger partial charge on any atom is -0.477 e. The molecule has 1 aromatic carbocycles. The first kappa shape index (κ1) is 15.2. The number of rotatable bonds is 4. The molecule has 23 heavy (non-hydrogen) atoms. The topological polar surface area (TPSA) is 68.0 Å². The van der Waals surface area contributed by atoms with E-state index in [4.69, 9.17) is 11.6 Å². The van der Waals surface area contributed by atoms with Crippen LogP contribution >= 0.6 is 11.6 Å². The molecule has 2 heterocycles. The summed E-state index contributed by atoms with van der Waals surface area (Å²) in [6.45, 7) is 2.06. The largest absolute Gasteiger partial charge is 0.477 e. The van der Waals surface area contributed by atoms with Crippen LogP contribution in [0.1, 0.15) is 21.7 Å². The Bertz CT molecular complexity index is 860. The fourth-order valence-electron chi connectivity index (χ4n) is 2.53. The lowest BCUT2D eigenvalue weighted by molar-refractivity contribution is 0.0685. The Morgan fingerprint density at radius 2 is 2.13 bits per heavy atom. The zero-order valence-electron chi connectivity index (χ0n) is 12.4. The van der Waals surface area contributed by atoms with Gasteiger partial charge in [-0.15, -0.1) is 0 Å². The molecular formula is C17H14ClN3O2. The molecular weight excluding hydrogens is 314 g/mol. The zero-order chi connectivity index (χ0) is 16.4. The van der Waals surface area contributed by atoms with Crippen LogP contribution in [0.2, 0.25) is 5.02 Å². The molecule has 0 aliphatic heterocycles. The second kappa shape index (κ2) is 6.22. The van der Waals surface area contributed by atoms with E-state index in [1.807, 2.05) is 24.3 Å². The number of carboxylic acids is 1. The van der Waals surface area contributed by atoms with Gasteiger partial charge in [0.25, 0.3) is 0 Å². The molecule has 5 nitrogen and oxygen atoms in total. The van der Waals surface area contributed by atoms with Gasteiger partial charge in [0, 0.05) is 29.5 Å². The van der Waals surface area contributed by atoms with Crippen molar-refractivity contribution < 1.29 is 9.90 Å². The van der Waals surface area contributed by atoms with Gasteiger partial charge in [0.1, 0.15) is 5.82 Å². The second-order valence-corrected chi connectivity index (χ2v) is 5.57. The van der Waals surface area contributed by atoms with Gasteiger partial charge in [-0.1, -0.05) is 23.7 Å². The maximum absolute atomic E-state index is 11.6. The van der Waals surface area contributed by atoms with Gasteiger partial charge in [0.05, 0.1) is 5.69 Å². The predicted molar refractivity (Wildman–Crippen MR) is 87.7 cm³/mol. The van der Waals surface area contributed by atoms with Gasteiger partial charge in [-0.3, -0.25) is 4.98 Å². The minimum absolute atomic E-state index is 0.170. The molecule has 0 bridgehead atoms. The summed E-state index contributed by atoms with van der Waals surface area (Å²) in [7, 11) is 0. The van der Waals surface area contributed by atoms with Crippen LogP contribution in [0.15, 0.2) is 48.8 Å². The molecule has 1 N–H and O–H groups in total. The van der Waals surface area contributed by atoms with Gasteiger partial charge in [-0.2, -0.15) is 0 Å². The molecule has 0 aliphatic carbocycles. The molecule has 3 aromatic rings. The smallest absolute Gasteiger partial charge is 0.354 e. The van der Waals surface area contributed by atoms with Crippen molar-refractivity contribution in [1.29, 1.82) is 0 Å². The van der Waals surface area contributed by atoms with Crippen LogP contribution in [-0.2, 0) is 6.54 Å². The highest BCUT2D eigenvalue weighted by molar-refractivity contribution is 6.30. The third-order valence-electron chi connectivity index (χ3n) is 3.49. The molecule has 2 aromatic heterocycles. The molecule has 0 saturated carbocycles. The zero-order valence-corrected chi connectivity index (χ0v) is 13.2. The van der Waals surface area contributed by atoms with Crippen LogP contribution in [0.5, 0.6) is 0 Å². The molecule has 0 atom stereocenters. The Labute approximate surface area is 138 Å². The highest BCUT2D eigenvalue weighted by Gasteiger charge is 2.21. The molecule has 0 unspecified atom stereocenters. The minimum atomic E-state index is -1.01. The van der Waals surface area contributed by atoms with Crippen molar-refractivity contribution in [3.05, 3.63) is 70.8 Å². The van der Waals surface area contributed by atoms with Gasteiger partial charge in [-0.05, 0) is 36.8 Å². The first-order valence-corrected chi connectivity index (χ1v) is 7.39. The summed E-state index contributed by atoms with van der Waals surface area (Å²) in [5.41, 5.74) is 2.31. The SMILES string of the molecule is Cc1nc(-c2cccnc2)n(Cc2cccc(Cl)c2)c1C(=O)O. The Morgan fingerprint density at radius 3 is 2.78 bits per heavy atom. The van der Waals surface area contributed by atoms with Crippen molar-refractivity contribution in [3.63, 3.8) is 0 Å². The Balaban J connectivity index is 2.14. The van der Waals surface area contributed by atoms with E-state index in [1.165, 1.54) is 0 Å². The van der Waals surface area contributed by atoms with Crippen molar-refractivity contribution >= 4 is 17.6 Å². The van der Waals surface area contributed by atoms with Gasteiger partial charge < -0.3 is 9.67 Å². The number of imidazole rings is 1. The van der Waals surface area contributed by atoms with Gasteiger partial charge in [0.2, 0.25) is 0 Å². The van der Waals surface area contributed by atoms with Gasteiger partial charge in [0.15, 0.2) is 5.69 Å². The molecule has 3 rings (SSSR count). The number of aromatic nitrogens is 3. The number of benzene rings is 1. The molecule has 0 aliphatic rings. The summed E-state index contributed by atoms with van der Waals surface area (Å²) >= 11 is 6.02. The summed E-state index contributed by atoms with van der Waals surface area (Å²) in [4.78, 5) is 20.2. The van der Waals surface area contributed by atoms with Crippen molar-refractivity contribution in [2.45, 2.75) is 13.5 Å². The van der Waals surface area contributed by atoms with Gasteiger partial charge in [-0.25, -0.2) is 9.78 Å². The third kappa shape index (κ3) is 3.10. The lowest BCUT2D eigenvalue weighted by Gasteiger charge is -2.10. The van der Waals surface area contributed by atoms with E-state index in [0.29, 0.717) is 23.1 Å². The standard InChI is InChI=1S/C17H14ClN3O2/c1-11-15(17(22)23)21(10-12-4-2-6-14(18)8-12)16(20-11)13-5-3-7-19-9-13/h2-9H,10H2,1H3,(H,22,23). The third-order valence-corrected chi connectivity index (χ3v) is 3.73. The van der Waals surface area contributed by atoms with Crippen LogP contribution in [0.4, 0.5) is 0 Å². The fourth-order valence-corrected chi connectivity index (χ4v) is 2.74. The number of nitrogens with zero attached hydrogens (tertiary/aromatic N) is 3. The molecule has 0 amide bonds. The molecule has 0 saturated heterocycles. The maximum Gasteiger partial charge on any atom is 0.354 e. The monoisotopic (exact) mass is 327 g/mol. The molecule has 6 heteroatoms. The second-order valence-electron chi connectivity index (χ2n) is 5.13. The van der Waals surface area contributed by atoms with Crippen LogP contribution in [0.25, 0.3) is 11.4 Å². The van der Waals surface area contributed by atoms with Crippen LogP contribution < -0.4 is 0 Å². The Morgan fingerprint density at radius 1 is 1.30 bits per heavy atom. The number of hydrogen-bond acceptors (Lipinski definition) is 3. The van der Waals surface area contributed by atoms with E-state index in [2.05, 4.69) is 9.97 Å². The highest BCUT2D eigenvalue weighted by Crippen LogP contribution is 2.24. The van der Waals surface area contributed by atoms with E-state index < -0.39 is 5.97 Å². The summed E-state index contributed by atoms with van der Waals surface area (Å²) in [6, 6.07) is 11.0. The summed E-state index contributed by atoms with van der Waals surface area (Å²) in [6.07, 6.45) is 3.33. The lowest BCUT2D eigenvalue weighted by atomic mass is 10.2. The molecule has 0 radical (unpaired) electrons. The number of carbonyl (C=O) groups is 1. The Kier molecular flexibility index (Phi) is 4.12. The number of hydrogen-bond donors (Lipinski definition) is 1. The average Bonchev–Trinajstić information content (AvgIpc) is 2.84. The number of carboxylic acid groups (broad SMARTS) is 1. The number of halogens is 1. The highest BCUT2D eigenvalue weighted by atomic mass is 35.5. The number of pyridine rings is 1. The van der Waals surface area contributed by atoms with Crippen molar-refractivity contribution in [1.82, 2.24) is 14.5 Å². The van der Waals surface area contributed by atoms with E-state index in [0.717, 1.165) is 11.1 Å². The number of aromatic carboxylic acids is 1. The van der Waals surface area contributed by atoms with E-state index in [9.17, 15) is 9.90 Å². The first-order valence-electron chi connectivity index (χ1n) is 7.01. The fraction of sp³-hybridized carbons (Fsp3) is 0.118. The molecule has 0 fully saturated rings. The molecule has 0 spiro atoms. The van der Waals surface area contributed by atoms with E-state index >= 15 is 0 Å². The quantitative estimate of drug-likeness (QED) is 0.794. The maximum atomic E-state index is 11.6. The average molecular weight is 328 g/mol. The van der Waals surface area contributed by atoms with Crippen molar-refractivity contribution in [2.75, 3.05) is 0 Å². The van der Waals surface area contributed by atoms with Crippen LogP contribution in [0, 0.1) is 6.92 Å². The van der Waals surface area contributed by atoms with E-state index in [-0.39, 0.29) is 5.69 Å². The Hall–Kier alpha value is -2.66. The number of aryl methyl sites for hydroxylation is 1. The van der Waals surface area contributed by atoms with Crippen LogP contribution in [0.3, 0.4) is 0 Å². The van der Waals surface area contributed by atoms with Crippen LogP contribution in [-0.4, -0.2) is 25.6 Å². The van der Waals surface area contributed by atoms with Crippen molar-refractivity contribution in [2.24, 2.45) is 0 Å². The normalized spacial score (nSPS) is 10.7. The summed E-state index contributed by atoms with van der Waals surface area (Å²) in [5.74, 6) is -0.430.